The Labute approximate surface area is 158 Å². The lowest BCUT2D eigenvalue weighted by atomic mass is 9.95. The van der Waals surface area contributed by atoms with E-state index >= 15 is 0 Å². The van der Waals surface area contributed by atoms with Crippen molar-refractivity contribution >= 4 is 23.7 Å². The number of hydrogen-bond acceptors (Lipinski definition) is 5. The number of aromatic amines is 2. The number of nitrogens with two attached hydrogens (primary N) is 1. The zero-order valence-corrected chi connectivity index (χ0v) is 14.9. The molecule has 2 amide bonds. The summed E-state index contributed by atoms with van der Waals surface area (Å²) in [6, 6.07) is 12.0. The number of benzene rings is 2. The molecule has 0 saturated carbocycles. The molecule has 0 aliphatic carbocycles. The normalized spacial score (nSPS) is 10.4. The van der Waals surface area contributed by atoms with Crippen molar-refractivity contribution in [2.45, 2.75) is 6.92 Å². The van der Waals surface area contributed by atoms with Crippen molar-refractivity contribution in [2.24, 2.45) is 5.84 Å². The van der Waals surface area contributed by atoms with Gasteiger partial charge in [-0.25, -0.2) is 10.6 Å². The summed E-state index contributed by atoms with van der Waals surface area (Å²) in [6.45, 7) is 1.89. The molecule has 9 nitrogen and oxygen atoms in total. The van der Waals surface area contributed by atoms with Gasteiger partial charge in [-0.05, 0) is 24.6 Å². The number of hydrogen-bond donors (Lipinski definition) is 4. The molecule has 0 aliphatic rings. The van der Waals surface area contributed by atoms with Gasteiger partial charge < -0.3 is 4.98 Å². The summed E-state index contributed by atoms with van der Waals surface area (Å²) in [6.07, 6.45) is 1.56. The summed E-state index contributed by atoms with van der Waals surface area (Å²) in [4.78, 5) is 53.2. The highest BCUT2D eigenvalue weighted by atomic mass is 16.2. The average molecular weight is 379 g/mol. The number of nitrogens with one attached hydrogen (secondary N) is 3. The largest absolute Gasteiger partial charge is 0.325 e. The van der Waals surface area contributed by atoms with Gasteiger partial charge in [0.15, 0.2) is 0 Å². The Morgan fingerprint density at radius 1 is 1.14 bits per heavy atom. The second-order valence-corrected chi connectivity index (χ2v) is 5.98. The molecule has 9 heteroatoms. The molecule has 0 atom stereocenters. The van der Waals surface area contributed by atoms with Crippen molar-refractivity contribution in [3.8, 4) is 11.1 Å². The number of amides is 2. The van der Waals surface area contributed by atoms with E-state index in [0.29, 0.717) is 17.5 Å². The summed E-state index contributed by atoms with van der Waals surface area (Å²) in [7, 11) is 0. The number of rotatable bonds is 5. The molecule has 0 spiro atoms. The van der Waals surface area contributed by atoms with E-state index in [4.69, 9.17) is 5.84 Å². The Morgan fingerprint density at radius 2 is 1.89 bits per heavy atom. The van der Waals surface area contributed by atoms with Gasteiger partial charge in [0, 0.05) is 11.8 Å². The highest BCUT2D eigenvalue weighted by Gasteiger charge is 2.22. The SMILES string of the molecule is Cc1cccc(-c2c(C(=O)NN)cccc2N(C=O)c2c[nH]c(=O)[nH]c2=O)c1. The third-order valence-corrected chi connectivity index (χ3v) is 4.15. The molecule has 0 aliphatic heterocycles. The lowest BCUT2D eigenvalue weighted by Crippen LogP contribution is -2.32. The number of anilines is 2. The summed E-state index contributed by atoms with van der Waals surface area (Å²) < 4.78 is 0. The van der Waals surface area contributed by atoms with E-state index < -0.39 is 17.2 Å². The third kappa shape index (κ3) is 3.46. The van der Waals surface area contributed by atoms with Crippen molar-refractivity contribution in [3.05, 3.63) is 80.6 Å². The minimum atomic E-state index is -0.750. The maximum absolute atomic E-state index is 12.3. The number of nitrogens with zero attached hydrogens (tertiary/aromatic N) is 1. The van der Waals surface area contributed by atoms with E-state index in [1.165, 1.54) is 0 Å². The van der Waals surface area contributed by atoms with Gasteiger partial charge in [0.1, 0.15) is 5.69 Å². The number of H-pyrrole nitrogens is 2. The van der Waals surface area contributed by atoms with Gasteiger partial charge >= 0.3 is 5.69 Å². The van der Waals surface area contributed by atoms with Crippen LogP contribution in [0, 0.1) is 6.92 Å². The van der Waals surface area contributed by atoms with Crippen molar-refractivity contribution in [3.63, 3.8) is 0 Å². The van der Waals surface area contributed by atoms with Crippen molar-refractivity contribution < 1.29 is 9.59 Å². The molecule has 1 heterocycles. The second-order valence-electron chi connectivity index (χ2n) is 5.98. The fourth-order valence-electron chi connectivity index (χ4n) is 2.94. The summed E-state index contributed by atoms with van der Waals surface area (Å²) in [5.74, 6) is 4.76. The number of nitrogen functional groups attached to an aromatic ring is 1. The molecule has 28 heavy (non-hydrogen) atoms. The van der Waals surface area contributed by atoms with Gasteiger partial charge in [0.2, 0.25) is 6.41 Å². The molecule has 5 N–H and O–H groups in total. The van der Waals surface area contributed by atoms with Crippen LogP contribution in [0.2, 0.25) is 0 Å². The summed E-state index contributed by atoms with van der Waals surface area (Å²) in [5.41, 5.74) is 3.03. The van der Waals surface area contributed by atoms with Gasteiger partial charge in [0.25, 0.3) is 11.5 Å². The number of carbonyl (C=O) groups is 2. The molecule has 2 aromatic carbocycles. The molecule has 0 fully saturated rings. The molecule has 3 aromatic rings. The van der Waals surface area contributed by atoms with E-state index in [-0.39, 0.29) is 16.9 Å². The average Bonchev–Trinajstić information content (AvgIpc) is 2.69. The summed E-state index contributed by atoms with van der Waals surface area (Å²) in [5, 5.41) is 0. The Bertz CT molecular complexity index is 1170. The number of aryl methyl sites for hydroxylation is 1. The van der Waals surface area contributed by atoms with Crippen molar-refractivity contribution in [1.29, 1.82) is 0 Å². The van der Waals surface area contributed by atoms with E-state index in [1.54, 1.807) is 24.3 Å². The van der Waals surface area contributed by atoms with Crippen LogP contribution in [0.4, 0.5) is 11.4 Å². The van der Waals surface area contributed by atoms with E-state index in [1.807, 2.05) is 25.1 Å². The smallest absolute Gasteiger partial charge is 0.312 e. The monoisotopic (exact) mass is 379 g/mol. The molecule has 0 radical (unpaired) electrons. The van der Waals surface area contributed by atoms with Crippen molar-refractivity contribution in [1.82, 2.24) is 15.4 Å². The van der Waals surface area contributed by atoms with Crippen LogP contribution in [0.3, 0.4) is 0 Å². The van der Waals surface area contributed by atoms with Crippen LogP contribution < -0.4 is 27.4 Å². The molecule has 142 valence electrons. The molecule has 3 rings (SSSR count). The highest BCUT2D eigenvalue weighted by molar-refractivity contribution is 6.06. The fraction of sp³-hybridized carbons (Fsp3) is 0.0526. The van der Waals surface area contributed by atoms with E-state index in [2.05, 4.69) is 15.4 Å². The number of aromatic nitrogens is 2. The van der Waals surface area contributed by atoms with E-state index in [9.17, 15) is 19.2 Å². The lowest BCUT2D eigenvalue weighted by molar-refractivity contribution is -0.106. The molecule has 1 aromatic heterocycles. The molecule has 0 unspecified atom stereocenters. The molecule has 0 bridgehead atoms. The molecule has 0 saturated heterocycles. The molecular weight excluding hydrogens is 362 g/mol. The first-order valence-corrected chi connectivity index (χ1v) is 8.23. The van der Waals surface area contributed by atoms with Gasteiger partial charge in [-0.3, -0.25) is 29.7 Å². The predicted molar refractivity (Wildman–Crippen MR) is 104 cm³/mol. The van der Waals surface area contributed by atoms with Crippen LogP contribution in [-0.4, -0.2) is 22.3 Å². The topological polar surface area (TPSA) is 141 Å². The van der Waals surface area contributed by atoms with Crippen LogP contribution in [0.1, 0.15) is 15.9 Å². The number of hydrazine groups is 1. The summed E-state index contributed by atoms with van der Waals surface area (Å²) >= 11 is 0. The Hall–Kier alpha value is -3.98. The van der Waals surface area contributed by atoms with Crippen LogP contribution >= 0.6 is 0 Å². The van der Waals surface area contributed by atoms with Gasteiger partial charge in [0.05, 0.1) is 11.3 Å². The maximum Gasteiger partial charge on any atom is 0.325 e. The maximum atomic E-state index is 12.3. The lowest BCUT2D eigenvalue weighted by Gasteiger charge is -2.22. The van der Waals surface area contributed by atoms with E-state index in [0.717, 1.165) is 16.7 Å². The first-order valence-electron chi connectivity index (χ1n) is 8.23. The third-order valence-electron chi connectivity index (χ3n) is 4.15. The van der Waals surface area contributed by atoms with Gasteiger partial charge in [-0.1, -0.05) is 35.9 Å². The fourth-order valence-corrected chi connectivity index (χ4v) is 2.94. The molecular formula is C19H17N5O4. The zero-order valence-electron chi connectivity index (χ0n) is 14.9. The highest BCUT2D eigenvalue weighted by Crippen LogP contribution is 2.36. The zero-order chi connectivity index (χ0) is 20.3. The second kappa shape index (κ2) is 7.72. The predicted octanol–water partition coefficient (Wildman–Crippen LogP) is 0.937. The van der Waals surface area contributed by atoms with Crippen LogP contribution in [-0.2, 0) is 4.79 Å². The van der Waals surface area contributed by atoms with Gasteiger partial charge in [-0.2, -0.15) is 0 Å². The van der Waals surface area contributed by atoms with Crippen LogP contribution in [0.15, 0.2) is 58.3 Å². The Balaban J connectivity index is 2.33. The first-order chi connectivity index (χ1) is 13.5. The standard InChI is InChI=1S/C19H17N5O4/c1-11-4-2-5-12(8-11)16-13(17(26)23-20)6-3-7-14(16)24(10-25)15-9-21-19(28)22-18(15)27/h2-10H,20H2,1H3,(H,23,26)(H2,21,22,27,28). The number of carbonyl (C=O) groups excluding carboxylic acids is 2. The quantitative estimate of drug-likeness (QED) is 0.226. The van der Waals surface area contributed by atoms with Crippen LogP contribution in [0.5, 0.6) is 0 Å². The Kier molecular flexibility index (Phi) is 5.18. The Morgan fingerprint density at radius 3 is 2.54 bits per heavy atom. The minimum absolute atomic E-state index is 0.103. The van der Waals surface area contributed by atoms with Crippen LogP contribution in [0.25, 0.3) is 11.1 Å². The minimum Gasteiger partial charge on any atom is -0.312 e. The first kappa shape index (κ1) is 18.8. The van der Waals surface area contributed by atoms with Gasteiger partial charge in [-0.15, -0.1) is 0 Å². The van der Waals surface area contributed by atoms with Crippen molar-refractivity contribution in [2.75, 3.05) is 4.90 Å².